The summed E-state index contributed by atoms with van der Waals surface area (Å²) in [6.07, 6.45) is 0.414. The van der Waals surface area contributed by atoms with E-state index in [0.29, 0.717) is 30.4 Å². The van der Waals surface area contributed by atoms with Crippen LogP contribution in [0.25, 0.3) is 0 Å². The summed E-state index contributed by atoms with van der Waals surface area (Å²) in [5.74, 6) is -0.291. The summed E-state index contributed by atoms with van der Waals surface area (Å²) in [7, 11) is 0. The fourth-order valence-corrected chi connectivity index (χ4v) is 1.72. The molecule has 110 valence electrons. The van der Waals surface area contributed by atoms with Crippen LogP contribution in [-0.4, -0.2) is 32.7 Å². The zero-order chi connectivity index (χ0) is 15.4. The number of nitrogens with one attached hydrogen (secondary N) is 1. The number of carbonyl (C=O) groups is 1. The highest BCUT2D eigenvalue weighted by atomic mass is 16.6. The second kappa shape index (κ2) is 5.99. The van der Waals surface area contributed by atoms with Crippen molar-refractivity contribution in [3.05, 3.63) is 45.6 Å². The Morgan fingerprint density at radius 1 is 1.52 bits per heavy atom. The van der Waals surface area contributed by atoms with Crippen LogP contribution in [0.3, 0.4) is 0 Å². The van der Waals surface area contributed by atoms with Gasteiger partial charge in [-0.05, 0) is 13.0 Å². The van der Waals surface area contributed by atoms with E-state index >= 15 is 0 Å². The Balaban J connectivity index is 2.08. The first-order valence-electron chi connectivity index (χ1n) is 6.02. The van der Waals surface area contributed by atoms with Crippen molar-refractivity contribution in [3.63, 3.8) is 0 Å². The first-order chi connectivity index (χ1) is 9.97. The predicted octanol–water partition coefficient (Wildman–Crippen LogP) is 1.64. The van der Waals surface area contributed by atoms with Gasteiger partial charge in [0.05, 0.1) is 10.5 Å². The summed E-state index contributed by atoms with van der Waals surface area (Å²) >= 11 is 0. The summed E-state index contributed by atoms with van der Waals surface area (Å²) in [6.45, 7) is 2.05. The van der Waals surface area contributed by atoms with Crippen molar-refractivity contribution in [1.29, 1.82) is 0 Å². The van der Waals surface area contributed by atoms with Gasteiger partial charge in [0, 0.05) is 30.8 Å². The van der Waals surface area contributed by atoms with E-state index in [-0.39, 0.29) is 11.3 Å². The van der Waals surface area contributed by atoms with Crippen molar-refractivity contribution in [3.8, 4) is 0 Å². The number of anilines is 1. The van der Waals surface area contributed by atoms with Gasteiger partial charge >= 0.3 is 5.97 Å². The zero-order valence-corrected chi connectivity index (χ0v) is 11.1. The molecule has 0 radical (unpaired) electrons. The first kappa shape index (κ1) is 14.4. The molecule has 2 N–H and O–H groups in total. The van der Waals surface area contributed by atoms with E-state index < -0.39 is 10.9 Å². The zero-order valence-electron chi connectivity index (χ0n) is 11.1. The fraction of sp³-hybridized carbons (Fsp3) is 0.250. The van der Waals surface area contributed by atoms with Gasteiger partial charge in [0.15, 0.2) is 5.82 Å². The topological polar surface area (TPSA) is 131 Å². The molecule has 0 fully saturated rings. The third-order valence-corrected chi connectivity index (χ3v) is 2.67. The van der Waals surface area contributed by atoms with Gasteiger partial charge in [-0.15, -0.1) is 0 Å². The molecule has 0 unspecified atom stereocenters. The van der Waals surface area contributed by atoms with Gasteiger partial charge in [-0.25, -0.2) is 4.79 Å². The number of carboxylic acids is 1. The summed E-state index contributed by atoms with van der Waals surface area (Å²) in [5.41, 5.74) is -0.138. The molecular weight excluding hydrogens is 280 g/mol. The Kier molecular flexibility index (Phi) is 4.12. The number of aromatic carboxylic acids is 1. The smallest absolute Gasteiger partial charge is 0.338 e. The minimum absolute atomic E-state index is 0.161. The van der Waals surface area contributed by atoms with Gasteiger partial charge in [0.1, 0.15) is 0 Å². The maximum Gasteiger partial charge on any atom is 0.338 e. The largest absolute Gasteiger partial charge is 0.478 e. The van der Waals surface area contributed by atoms with E-state index in [4.69, 9.17) is 9.63 Å². The average Bonchev–Trinajstić information content (AvgIpc) is 2.84. The molecule has 0 aliphatic carbocycles. The lowest BCUT2D eigenvalue weighted by Crippen LogP contribution is -2.10. The van der Waals surface area contributed by atoms with Crippen molar-refractivity contribution in [2.75, 3.05) is 11.9 Å². The molecule has 0 atom stereocenters. The number of benzene rings is 1. The lowest BCUT2D eigenvalue weighted by Gasteiger charge is -2.08. The number of nitro groups is 1. The van der Waals surface area contributed by atoms with Crippen molar-refractivity contribution < 1.29 is 19.3 Å². The van der Waals surface area contributed by atoms with Gasteiger partial charge in [0.25, 0.3) is 5.69 Å². The van der Waals surface area contributed by atoms with E-state index in [1.54, 1.807) is 6.92 Å². The van der Waals surface area contributed by atoms with E-state index in [9.17, 15) is 14.9 Å². The summed E-state index contributed by atoms with van der Waals surface area (Å²) in [5, 5.41) is 26.3. The summed E-state index contributed by atoms with van der Waals surface area (Å²) in [4.78, 5) is 25.2. The molecule has 21 heavy (non-hydrogen) atoms. The molecule has 0 saturated carbocycles. The maximum atomic E-state index is 11.1. The Morgan fingerprint density at radius 3 is 2.86 bits per heavy atom. The van der Waals surface area contributed by atoms with Gasteiger partial charge in [0.2, 0.25) is 5.89 Å². The van der Waals surface area contributed by atoms with E-state index in [0.717, 1.165) is 6.07 Å². The third-order valence-electron chi connectivity index (χ3n) is 2.67. The molecule has 0 amide bonds. The minimum atomic E-state index is -1.24. The van der Waals surface area contributed by atoms with Crippen LogP contribution in [-0.2, 0) is 6.42 Å². The number of aromatic nitrogens is 2. The van der Waals surface area contributed by atoms with Crippen LogP contribution in [0.1, 0.15) is 22.1 Å². The standard InChI is InChI=1S/C12H12N4O5/c1-7-14-11(21-15-7)4-5-13-10-3-2-8(16(19)20)6-9(10)12(17)18/h2-3,6,13H,4-5H2,1H3,(H,17,18). The normalized spacial score (nSPS) is 10.3. The summed E-state index contributed by atoms with van der Waals surface area (Å²) < 4.78 is 4.92. The fourth-order valence-electron chi connectivity index (χ4n) is 1.72. The number of aryl methyl sites for hydroxylation is 1. The Hall–Kier alpha value is -2.97. The van der Waals surface area contributed by atoms with Crippen LogP contribution in [0.5, 0.6) is 0 Å². The molecule has 2 aromatic rings. The molecule has 2 rings (SSSR count). The molecule has 1 aromatic heterocycles. The van der Waals surface area contributed by atoms with Crippen molar-refractivity contribution >= 4 is 17.3 Å². The van der Waals surface area contributed by atoms with Crippen LogP contribution in [0.4, 0.5) is 11.4 Å². The number of nitro benzene ring substituents is 1. The number of non-ortho nitro benzene ring substituents is 1. The number of rotatable bonds is 6. The van der Waals surface area contributed by atoms with E-state index in [1.807, 2.05) is 0 Å². The lowest BCUT2D eigenvalue weighted by molar-refractivity contribution is -0.384. The Labute approximate surface area is 118 Å². The van der Waals surface area contributed by atoms with E-state index in [2.05, 4.69) is 15.5 Å². The molecule has 0 aliphatic heterocycles. The monoisotopic (exact) mass is 292 g/mol. The Morgan fingerprint density at radius 2 is 2.29 bits per heavy atom. The van der Waals surface area contributed by atoms with Crippen molar-refractivity contribution in [1.82, 2.24) is 10.1 Å². The number of hydrogen-bond donors (Lipinski definition) is 2. The molecule has 0 bridgehead atoms. The summed E-state index contributed by atoms with van der Waals surface area (Å²) in [6, 6.07) is 3.62. The maximum absolute atomic E-state index is 11.1. The molecule has 1 heterocycles. The number of nitrogens with zero attached hydrogens (tertiary/aromatic N) is 3. The second-order valence-electron chi connectivity index (χ2n) is 4.20. The predicted molar refractivity (Wildman–Crippen MR) is 71.3 cm³/mol. The van der Waals surface area contributed by atoms with Gasteiger partial charge < -0.3 is 14.9 Å². The minimum Gasteiger partial charge on any atom is -0.478 e. The van der Waals surface area contributed by atoms with Crippen LogP contribution in [0.15, 0.2) is 22.7 Å². The van der Waals surface area contributed by atoms with E-state index in [1.165, 1.54) is 12.1 Å². The van der Waals surface area contributed by atoms with Crippen LogP contribution in [0.2, 0.25) is 0 Å². The van der Waals surface area contributed by atoms with Crippen LogP contribution < -0.4 is 5.32 Å². The first-order valence-corrected chi connectivity index (χ1v) is 6.02. The number of carboxylic acid groups (broad SMARTS) is 1. The van der Waals surface area contributed by atoms with Crippen molar-refractivity contribution in [2.45, 2.75) is 13.3 Å². The molecule has 0 spiro atoms. The van der Waals surface area contributed by atoms with Crippen molar-refractivity contribution in [2.24, 2.45) is 0 Å². The number of hydrogen-bond acceptors (Lipinski definition) is 7. The molecule has 0 saturated heterocycles. The molecule has 1 aromatic carbocycles. The Bertz CT molecular complexity index is 682. The SMILES string of the molecule is Cc1noc(CCNc2ccc([N+](=O)[O-])cc2C(=O)O)n1. The quantitative estimate of drug-likeness (QED) is 0.606. The second-order valence-corrected chi connectivity index (χ2v) is 4.20. The lowest BCUT2D eigenvalue weighted by atomic mass is 10.1. The molecular formula is C12H12N4O5. The van der Waals surface area contributed by atoms with Gasteiger partial charge in [-0.2, -0.15) is 4.98 Å². The average molecular weight is 292 g/mol. The van der Waals surface area contributed by atoms with Gasteiger partial charge in [-0.3, -0.25) is 10.1 Å². The molecule has 9 nitrogen and oxygen atoms in total. The third kappa shape index (κ3) is 3.53. The highest BCUT2D eigenvalue weighted by Crippen LogP contribution is 2.22. The highest BCUT2D eigenvalue weighted by molar-refractivity contribution is 5.95. The van der Waals surface area contributed by atoms with Gasteiger partial charge in [-0.1, -0.05) is 5.16 Å². The molecule has 9 heteroatoms. The molecule has 0 aliphatic rings. The highest BCUT2D eigenvalue weighted by Gasteiger charge is 2.16. The van der Waals surface area contributed by atoms with Crippen LogP contribution in [0, 0.1) is 17.0 Å². The van der Waals surface area contributed by atoms with Crippen LogP contribution >= 0.6 is 0 Å².